The van der Waals surface area contributed by atoms with Crippen LogP contribution in [0.4, 0.5) is 5.69 Å². The molecule has 2 amide bonds. The molecule has 3 rings (SSSR count). The number of carbonyl (C=O) groups is 3. The standard InChI is InChI=1S/C22H25N5O4/c1-2-31-22(30)18-14-19(27(26-18)17-6-4-3-5-7-17)21(29)24-13-10-20(28)25-15-16-8-11-23-12-9-16/h3-9,11-12,19H,2,10,13-15H2,1H3,(H,24,29)(H,25,28). The maximum Gasteiger partial charge on any atom is 0.354 e. The lowest BCUT2D eigenvalue weighted by atomic mass is 10.1. The van der Waals surface area contributed by atoms with Crippen molar-refractivity contribution in [3.63, 3.8) is 0 Å². The molecular formula is C22H25N5O4. The summed E-state index contributed by atoms with van der Waals surface area (Å²) < 4.78 is 5.03. The minimum atomic E-state index is -0.693. The molecule has 0 radical (unpaired) electrons. The molecule has 31 heavy (non-hydrogen) atoms. The average Bonchev–Trinajstić information content (AvgIpc) is 3.25. The van der Waals surface area contributed by atoms with Gasteiger partial charge in [0.25, 0.3) is 0 Å². The Morgan fingerprint density at radius 3 is 2.55 bits per heavy atom. The zero-order valence-corrected chi connectivity index (χ0v) is 17.3. The van der Waals surface area contributed by atoms with Crippen LogP contribution in [0.3, 0.4) is 0 Å². The normalized spacial score (nSPS) is 15.2. The van der Waals surface area contributed by atoms with Gasteiger partial charge in [0.1, 0.15) is 11.8 Å². The van der Waals surface area contributed by atoms with Crippen LogP contribution in [0.1, 0.15) is 25.3 Å². The number of carbonyl (C=O) groups excluding carboxylic acids is 3. The third-order valence-electron chi connectivity index (χ3n) is 4.64. The molecule has 162 valence electrons. The first-order valence-electron chi connectivity index (χ1n) is 10.1. The first-order valence-corrected chi connectivity index (χ1v) is 10.1. The summed E-state index contributed by atoms with van der Waals surface area (Å²) in [5.74, 6) is -1.02. The van der Waals surface area contributed by atoms with Gasteiger partial charge in [0.2, 0.25) is 11.8 Å². The molecular weight excluding hydrogens is 398 g/mol. The summed E-state index contributed by atoms with van der Waals surface area (Å²) in [6.45, 7) is 2.52. The Bertz CT molecular complexity index is 933. The van der Waals surface area contributed by atoms with Crippen LogP contribution < -0.4 is 15.6 Å². The van der Waals surface area contributed by atoms with Gasteiger partial charge in [-0.15, -0.1) is 0 Å². The van der Waals surface area contributed by atoms with Gasteiger partial charge in [-0.25, -0.2) is 4.79 Å². The van der Waals surface area contributed by atoms with Crippen molar-refractivity contribution in [3.05, 3.63) is 60.4 Å². The van der Waals surface area contributed by atoms with Crippen molar-refractivity contribution in [2.75, 3.05) is 18.2 Å². The number of pyridine rings is 1. The molecule has 2 heterocycles. The van der Waals surface area contributed by atoms with Crippen LogP contribution in [0.25, 0.3) is 0 Å². The number of ether oxygens (including phenoxy) is 1. The van der Waals surface area contributed by atoms with E-state index in [0.29, 0.717) is 12.2 Å². The fourth-order valence-electron chi connectivity index (χ4n) is 3.08. The number of benzene rings is 1. The highest BCUT2D eigenvalue weighted by Crippen LogP contribution is 2.25. The number of hydrogen-bond acceptors (Lipinski definition) is 7. The smallest absolute Gasteiger partial charge is 0.354 e. The predicted molar refractivity (Wildman–Crippen MR) is 115 cm³/mol. The number of aromatic nitrogens is 1. The van der Waals surface area contributed by atoms with Gasteiger partial charge in [-0.1, -0.05) is 18.2 Å². The summed E-state index contributed by atoms with van der Waals surface area (Å²) in [6, 6.07) is 12.1. The van der Waals surface area contributed by atoms with Crippen LogP contribution in [0, 0.1) is 0 Å². The minimum absolute atomic E-state index is 0.133. The number of esters is 1. The Morgan fingerprint density at radius 2 is 1.84 bits per heavy atom. The maximum atomic E-state index is 12.8. The van der Waals surface area contributed by atoms with E-state index in [4.69, 9.17) is 4.74 Å². The van der Waals surface area contributed by atoms with Gasteiger partial charge in [-0.3, -0.25) is 19.6 Å². The molecule has 9 nitrogen and oxygen atoms in total. The first-order chi connectivity index (χ1) is 15.1. The van der Waals surface area contributed by atoms with Crippen LogP contribution in [0.15, 0.2) is 60.0 Å². The summed E-state index contributed by atoms with van der Waals surface area (Å²) >= 11 is 0. The van der Waals surface area contributed by atoms with Crippen molar-refractivity contribution in [2.24, 2.45) is 5.10 Å². The first kappa shape index (κ1) is 21.9. The summed E-state index contributed by atoms with van der Waals surface area (Å²) in [7, 11) is 0. The summed E-state index contributed by atoms with van der Waals surface area (Å²) in [4.78, 5) is 40.9. The molecule has 9 heteroatoms. The van der Waals surface area contributed by atoms with E-state index >= 15 is 0 Å². The number of hydrogen-bond donors (Lipinski definition) is 2. The number of rotatable bonds is 9. The third kappa shape index (κ3) is 6.11. The number of hydrazone groups is 1. The molecule has 0 saturated heterocycles. The Hall–Kier alpha value is -3.75. The van der Waals surface area contributed by atoms with Crippen LogP contribution in [0.5, 0.6) is 0 Å². The Balaban J connectivity index is 1.54. The lowest BCUT2D eigenvalue weighted by Crippen LogP contribution is -2.43. The number of nitrogens with one attached hydrogen (secondary N) is 2. The number of amides is 2. The summed E-state index contributed by atoms with van der Waals surface area (Å²) in [6.07, 6.45) is 3.59. The molecule has 0 aliphatic carbocycles. The van der Waals surface area contributed by atoms with E-state index < -0.39 is 12.0 Å². The molecule has 0 fully saturated rings. The summed E-state index contributed by atoms with van der Waals surface area (Å²) in [5.41, 5.74) is 1.83. The molecule has 2 N–H and O–H groups in total. The zero-order valence-electron chi connectivity index (χ0n) is 17.3. The lowest BCUT2D eigenvalue weighted by Gasteiger charge is -2.22. The topological polar surface area (TPSA) is 113 Å². The van der Waals surface area contributed by atoms with E-state index in [1.54, 1.807) is 19.3 Å². The fourth-order valence-corrected chi connectivity index (χ4v) is 3.08. The Kier molecular flexibility index (Phi) is 7.69. The zero-order chi connectivity index (χ0) is 22.1. The van der Waals surface area contributed by atoms with Gasteiger partial charge in [-0.05, 0) is 36.8 Å². The van der Waals surface area contributed by atoms with E-state index in [1.807, 2.05) is 42.5 Å². The molecule has 1 aromatic heterocycles. The highest BCUT2D eigenvalue weighted by molar-refractivity contribution is 6.38. The highest BCUT2D eigenvalue weighted by Gasteiger charge is 2.36. The average molecular weight is 423 g/mol. The van der Waals surface area contributed by atoms with Crippen LogP contribution >= 0.6 is 0 Å². The molecule has 1 atom stereocenters. The number of para-hydroxylation sites is 1. The van der Waals surface area contributed by atoms with Gasteiger partial charge < -0.3 is 15.4 Å². The monoisotopic (exact) mass is 423 g/mol. The second-order valence-electron chi connectivity index (χ2n) is 6.84. The van der Waals surface area contributed by atoms with Crippen molar-refractivity contribution >= 4 is 29.2 Å². The molecule has 0 saturated carbocycles. The van der Waals surface area contributed by atoms with E-state index in [9.17, 15) is 14.4 Å². The second kappa shape index (κ2) is 10.9. The number of anilines is 1. The molecule has 1 aliphatic rings. The van der Waals surface area contributed by atoms with Crippen molar-refractivity contribution in [2.45, 2.75) is 32.4 Å². The largest absolute Gasteiger partial charge is 0.461 e. The predicted octanol–water partition coefficient (Wildman–Crippen LogP) is 1.40. The van der Waals surface area contributed by atoms with Crippen molar-refractivity contribution < 1.29 is 19.1 Å². The molecule has 1 aliphatic heterocycles. The maximum absolute atomic E-state index is 12.8. The molecule has 0 bridgehead atoms. The van der Waals surface area contributed by atoms with Gasteiger partial charge in [0.05, 0.1) is 12.3 Å². The quantitative estimate of drug-likeness (QED) is 0.590. The minimum Gasteiger partial charge on any atom is -0.461 e. The van der Waals surface area contributed by atoms with E-state index in [0.717, 1.165) is 5.56 Å². The highest BCUT2D eigenvalue weighted by atomic mass is 16.5. The van der Waals surface area contributed by atoms with E-state index in [1.165, 1.54) is 5.01 Å². The van der Waals surface area contributed by atoms with Crippen LogP contribution in [-0.4, -0.2) is 47.7 Å². The van der Waals surface area contributed by atoms with Crippen LogP contribution in [0.2, 0.25) is 0 Å². The van der Waals surface area contributed by atoms with E-state index in [-0.39, 0.29) is 43.5 Å². The Morgan fingerprint density at radius 1 is 1.10 bits per heavy atom. The van der Waals surface area contributed by atoms with Crippen molar-refractivity contribution in [1.82, 2.24) is 15.6 Å². The molecule has 0 spiro atoms. The van der Waals surface area contributed by atoms with Crippen LogP contribution in [-0.2, 0) is 25.7 Å². The lowest BCUT2D eigenvalue weighted by molar-refractivity contribution is -0.135. The van der Waals surface area contributed by atoms with Gasteiger partial charge in [0.15, 0.2) is 0 Å². The third-order valence-corrected chi connectivity index (χ3v) is 4.64. The van der Waals surface area contributed by atoms with Crippen molar-refractivity contribution in [1.29, 1.82) is 0 Å². The van der Waals surface area contributed by atoms with Gasteiger partial charge in [0, 0.05) is 38.3 Å². The summed E-state index contributed by atoms with van der Waals surface area (Å²) in [5, 5.41) is 11.4. The molecule has 2 aromatic rings. The van der Waals surface area contributed by atoms with Gasteiger partial charge in [-0.2, -0.15) is 5.10 Å². The second-order valence-corrected chi connectivity index (χ2v) is 6.84. The molecule has 1 unspecified atom stereocenters. The van der Waals surface area contributed by atoms with E-state index in [2.05, 4.69) is 20.7 Å². The number of nitrogens with zero attached hydrogens (tertiary/aromatic N) is 3. The molecule has 1 aromatic carbocycles. The Labute approximate surface area is 180 Å². The van der Waals surface area contributed by atoms with Gasteiger partial charge >= 0.3 is 5.97 Å². The fraction of sp³-hybridized carbons (Fsp3) is 0.318. The SMILES string of the molecule is CCOC(=O)C1=NN(c2ccccc2)C(C(=O)NCCC(=O)NCc2ccncc2)C1. The van der Waals surface area contributed by atoms with Crippen molar-refractivity contribution in [3.8, 4) is 0 Å².